The maximum Gasteiger partial charge on any atom is 0.162 e. The lowest BCUT2D eigenvalue weighted by atomic mass is 10.2. The molecule has 1 aliphatic carbocycles. The monoisotopic (exact) mass is 314 g/mol. The van der Waals surface area contributed by atoms with Crippen molar-refractivity contribution >= 4 is 33.6 Å². The zero-order valence-electron chi connectivity index (χ0n) is 8.23. The van der Waals surface area contributed by atoms with E-state index in [0.29, 0.717) is 6.04 Å². The number of rotatable bonds is 1. The first kappa shape index (κ1) is 9.50. The number of hydrogen-bond acceptors (Lipinski definition) is 3. The lowest BCUT2D eigenvalue weighted by Gasteiger charge is -2.09. The fourth-order valence-corrected chi connectivity index (χ4v) is 2.86. The molecule has 0 aliphatic heterocycles. The van der Waals surface area contributed by atoms with Gasteiger partial charge in [0.1, 0.15) is 10.0 Å². The van der Waals surface area contributed by atoms with Crippen LogP contribution in [0.4, 0.5) is 0 Å². The molecule has 0 bridgehead atoms. The van der Waals surface area contributed by atoms with Crippen molar-refractivity contribution in [3.05, 3.63) is 16.2 Å². The predicted molar refractivity (Wildman–Crippen MR) is 65.5 cm³/mol. The maximum atomic E-state index is 4.57. The molecule has 4 nitrogen and oxygen atoms in total. The van der Waals surface area contributed by atoms with E-state index in [1.54, 1.807) is 6.33 Å². The first-order valence-electron chi connectivity index (χ1n) is 5.20. The lowest BCUT2D eigenvalue weighted by molar-refractivity contribution is 0.476. The molecule has 0 N–H and O–H groups in total. The van der Waals surface area contributed by atoms with E-state index in [4.69, 9.17) is 0 Å². The van der Waals surface area contributed by atoms with Crippen molar-refractivity contribution < 1.29 is 0 Å². The SMILES string of the molecule is Ic1nn(C2CCCC2)c2ncncc12. The number of fused-ring (bicyclic) bond motifs is 1. The van der Waals surface area contributed by atoms with Gasteiger partial charge >= 0.3 is 0 Å². The van der Waals surface area contributed by atoms with Gasteiger partial charge in [-0.3, -0.25) is 0 Å². The summed E-state index contributed by atoms with van der Waals surface area (Å²) in [6.07, 6.45) is 8.54. The lowest BCUT2D eigenvalue weighted by Crippen LogP contribution is -2.07. The van der Waals surface area contributed by atoms with Gasteiger partial charge in [0.25, 0.3) is 0 Å². The second kappa shape index (κ2) is 3.70. The van der Waals surface area contributed by atoms with E-state index in [0.717, 1.165) is 14.7 Å². The van der Waals surface area contributed by atoms with Crippen LogP contribution in [0.3, 0.4) is 0 Å². The van der Waals surface area contributed by atoms with Gasteiger partial charge < -0.3 is 0 Å². The van der Waals surface area contributed by atoms with Crippen LogP contribution in [0, 0.1) is 3.70 Å². The van der Waals surface area contributed by atoms with Gasteiger partial charge in [-0.1, -0.05) is 12.8 Å². The zero-order valence-corrected chi connectivity index (χ0v) is 10.4. The van der Waals surface area contributed by atoms with Crippen LogP contribution in [0.1, 0.15) is 31.7 Å². The number of halogens is 1. The highest BCUT2D eigenvalue weighted by molar-refractivity contribution is 14.1. The van der Waals surface area contributed by atoms with Gasteiger partial charge in [-0.2, -0.15) is 5.10 Å². The molecule has 1 saturated carbocycles. The Labute approximate surface area is 101 Å². The molecule has 0 unspecified atom stereocenters. The standard InChI is InChI=1S/C10H11IN4/c11-9-8-5-12-6-13-10(8)15(14-9)7-3-1-2-4-7/h5-7H,1-4H2. The Balaban J connectivity index is 2.17. The molecule has 1 fully saturated rings. The smallest absolute Gasteiger partial charge is 0.162 e. The minimum Gasteiger partial charge on any atom is -0.244 e. The third kappa shape index (κ3) is 1.53. The highest BCUT2D eigenvalue weighted by atomic mass is 127. The molecular formula is C10H11IN4. The largest absolute Gasteiger partial charge is 0.244 e. The Hall–Kier alpha value is -0.720. The molecule has 0 atom stereocenters. The zero-order chi connectivity index (χ0) is 10.3. The normalized spacial score (nSPS) is 17.7. The fourth-order valence-electron chi connectivity index (χ4n) is 2.25. The van der Waals surface area contributed by atoms with Crippen molar-refractivity contribution in [2.75, 3.05) is 0 Å². The molecule has 78 valence electrons. The molecule has 1 aliphatic rings. The maximum absolute atomic E-state index is 4.57. The van der Waals surface area contributed by atoms with Crippen LogP contribution in [-0.4, -0.2) is 19.7 Å². The van der Waals surface area contributed by atoms with Gasteiger partial charge in [-0.25, -0.2) is 14.6 Å². The molecule has 2 aromatic rings. The average molecular weight is 314 g/mol. The van der Waals surface area contributed by atoms with Gasteiger partial charge in [0.05, 0.1) is 11.4 Å². The van der Waals surface area contributed by atoms with Crippen molar-refractivity contribution in [3.63, 3.8) is 0 Å². The summed E-state index contributed by atoms with van der Waals surface area (Å²) in [7, 11) is 0. The Morgan fingerprint density at radius 1 is 1.33 bits per heavy atom. The van der Waals surface area contributed by atoms with Crippen molar-refractivity contribution in [3.8, 4) is 0 Å². The van der Waals surface area contributed by atoms with Crippen molar-refractivity contribution in [1.82, 2.24) is 19.7 Å². The number of hydrogen-bond donors (Lipinski definition) is 0. The van der Waals surface area contributed by atoms with Gasteiger partial charge in [-0.05, 0) is 35.4 Å². The van der Waals surface area contributed by atoms with Crippen LogP contribution in [-0.2, 0) is 0 Å². The van der Waals surface area contributed by atoms with Crippen LogP contribution in [0.15, 0.2) is 12.5 Å². The predicted octanol–water partition coefficient (Wildman–Crippen LogP) is 2.55. The Bertz CT molecular complexity index is 487. The minimum atomic E-state index is 0.547. The van der Waals surface area contributed by atoms with Crippen LogP contribution in [0.2, 0.25) is 0 Å². The van der Waals surface area contributed by atoms with Gasteiger partial charge in [0.15, 0.2) is 5.65 Å². The van der Waals surface area contributed by atoms with Crippen LogP contribution < -0.4 is 0 Å². The van der Waals surface area contributed by atoms with Crippen molar-refractivity contribution in [2.24, 2.45) is 0 Å². The van der Waals surface area contributed by atoms with E-state index in [9.17, 15) is 0 Å². The van der Waals surface area contributed by atoms with Crippen molar-refractivity contribution in [2.45, 2.75) is 31.7 Å². The highest BCUT2D eigenvalue weighted by Crippen LogP contribution is 2.31. The quantitative estimate of drug-likeness (QED) is 0.760. The van der Waals surface area contributed by atoms with Crippen molar-refractivity contribution in [1.29, 1.82) is 0 Å². The van der Waals surface area contributed by atoms with Crippen LogP contribution in [0.5, 0.6) is 0 Å². The summed E-state index contributed by atoms with van der Waals surface area (Å²) < 4.78 is 3.10. The summed E-state index contributed by atoms with van der Waals surface area (Å²) in [5.74, 6) is 0. The highest BCUT2D eigenvalue weighted by Gasteiger charge is 2.21. The van der Waals surface area contributed by atoms with E-state index in [1.165, 1.54) is 25.7 Å². The first-order valence-corrected chi connectivity index (χ1v) is 6.28. The fraction of sp³-hybridized carbons (Fsp3) is 0.500. The minimum absolute atomic E-state index is 0.547. The summed E-state index contributed by atoms with van der Waals surface area (Å²) in [6.45, 7) is 0. The average Bonchev–Trinajstić information content (AvgIpc) is 2.87. The second-order valence-corrected chi connectivity index (χ2v) is 4.96. The molecule has 0 aromatic carbocycles. The molecule has 3 rings (SSSR count). The van der Waals surface area contributed by atoms with E-state index in [-0.39, 0.29) is 0 Å². The molecule has 0 saturated heterocycles. The van der Waals surface area contributed by atoms with E-state index in [2.05, 4.69) is 42.3 Å². The van der Waals surface area contributed by atoms with Gasteiger partial charge in [-0.15, -0.1) is 0 Å². The summed E-state index contributed by atoms with van der Waals surface area (Å²) in [6, 6.07) is 0.547. The number of aromatic nitrogens is 4. The van der Waals surface area contributed by atoms with E-state index in [1.807, 2.05) is 6.20 Å². The summed E-state index contributed by atoms with van der Waals surface area (Å²) in [5.41, 5.74) is 0.987. The van der Waals surface area contributed by atoms with E-state index < -0.39 is 0 Å². The molecular weight excluding hydrogens is 303 g/mol. The summed E-state index contributed by atoms with van der Waals surface area (Å²) in [4.78, 5) is 8.38. The Morgan fingerprint density at radius 3 is 2.93 bits per heavy atom. The second-order valence-electron chi connectivity index (χ2n) is 3.93. The third-order valence-electron chi connectivity index (χ3n) is 3.00. The Kier molecular flexibility index (Phi) is 2.34. The molecule has 15 heavy (non-hydrogen) atoms. The molecule has 5 heteroatoms. The Morgan fingerprint density at radius 2 is 2.13 bits per heavy atom. The van der Waals surface area contributed by atoms with Gasteiger partial charge in [0.2, 0.25) is 0 Å². The topological polar surface area (TPSA) is 43.6 Å². The molecule has 2 heterocycles. The summed E-state index contributed by atoms with van der Waals surface area (Å²) >= 11 is 2.25. The van der Waals surface area contributed by atoms with Crippen LogP contribution >= 0.6 is 22.6 Å². The molecule has 0 spiro atoms. The first-order chi connectivity index (χ1) is 7.36. The third-order valence-corrected chi connectivity index (χ3v) is 3.79. The molecule has 0 amide bonds. The molecule has 2 aromatic heterocycles. The number of nitrogens with zero attached hydrogens (tertiary/aromatic N) is 4. The van der Waals surface area contributed by atoms with E-state index >= 15 is 0 Å². The summed E-state index contributed by atoms with van der Waals surface area (Å²) in [5, 5.41) is 5.65. The van der Waals surface area contributed by atoms with Crippen LogP contribution in [0.25, 0.3) is 11.0 Å². The molecule has 0 radical (unpaired) electrons. The van der Waals surface area contributed by atoms with Gasteiger partial charge in [0, 0.05) is 6.20 Å².